The lowest BCUT2D eigenvalue weighted by Gasteiger charge is -2.33. The maximum Gasteiger partial charge on any atom is 0.103 e. The van der Waals surface area contributed by atoms with Gasteiger partial charge in [0.1, 0.15) is 5.50 Å². The third-order valence-electron chi connectivity index (χ3n) is 4.67. The third kappa shape index (κ3) is 5.85. The Labute approximate surface area is 139 Å². The molecule has 6 heteroatoms. The van der Waals surface area contributed by atoms with Crippen molar-refractivity contribution in [2.75, 3.05) is 59.9 Å². The van der Waals surface area contributed by atoms with Crippen LogP contribution in [0.15, 0.2) is 0 Å². The number of nitrogens with zero attached hydrogens (tertiary/aromatic N) is 3. The first-order chi connectivity index (χ1) is 10.1. The Morgan fingerprint density at radius 2 is 1.67 bits per heavy atom. The molecule has 0 aromatic carbocycles. The fourth-order valence-electron chi connectivity index (χ4n) is 3.22. The van der Waals surface area contributed by atoms with Crippen LogP contribution in [-0.4, -0.2) is 91.5 Å². The maximum atomic E-state index is 6.67. The van der Waals surface area contributed by atoms with Gasteiger partial charge in [0.15, 0.2) is 0 Å². The van der Waals surface area contributed by atoms with E-state index < -0.39 is 0 Å². The van der Waals surface area contributed by atoms with E-state index in [2.05, 4.69) is 34.1 Å². The molecule has 4 unspecified atom stereocenters. The second-order valence-electron chi connectivity index (χ2n) is 6.57. The van der Waals surface area contributed by atoms with E-state index in [0.29, 0.717) is 6.04 Å². The Morgan fingerprint density at radius 1 is 0.905 bits per heavy atom. The van der Waals surface area contributed by atoms with Crippen molar-refractivity contribution in [1.82, 2.24) is 20.0 Å². The SMILES string of the molecule is CN1CCCN2CCC(CC1)NCCN(C)CC(Cl)C2Cl. The summed E-state index contributed by atoms with van der Waals surface area (Å²) in [4.78, 5) is 7.10. The summed E-state index contributed by atoms with van der Waals surface area (Å²) in [6, 6.07) is 0.581. The van der Waals surface area contributed by atoms with E-state index >= 15 is 0 Å². The van der Waals surface area contributed by atoms with Crippen LogP contribution >= 0.6 is 23.2 Å². The third-order valence-corrected chi connectivity index (χ3v) is 5.75. The van der Waals surface area contributed by atoms with E-state index in [-0.39, 0.29) is 10.9 Å². The fraction of sp³-hybridized carbons (Fsp3) is 1.00. The summed E-state index contributed by atoms with van der Waals surface area (Å²) in [6.07, 6.45) is 3.53. The highest BCUT2D eigenvalue weighted by Crippen LogP contribution is 2.19. The van der Waals surface area contributed by atoms with Crippen molar-refractivity contribution in [1.29, 1.82) is 0 Å². The first-order valence-corrected chi connectivity index (χ1v) is 9.06. The number of nitrogens with one attached hydrogen (secondary N) is 1. The van der Waals surface area contributed by atoms with Gasteiger partial charge in [0.05, 0.1) is 5.38 Å². The molecule has 0 spiro atoms. The van der Waals surface area contributed by atoms with Crippen molar-refractivity contribution >= 4 is 23.2 Å². The van der Waals surface area contributed by atoms with Gasteiger partial charge in [-0.1, -0.05) is 0 Å². The minimum atomic E-state index is -0.0717. The second-order valence-corrected chi connectivity index (χ2v) is 7.58. The summed E-state index contributed by atoms with van der Waals surface area (Å²) in [6.45, 7) is 7.30. The van der Waals surface area contributed by atoms with Gasteiger partial charge in [-0.25, -0.2) is 0 Å². The van der Waals surface area contributed by atoms with Crippen molar-refractivity contribution in [3.05, 3.63) is 0 Å². The quantitative estimate of drug-likeness (QED) is 0.534. The average molecular weight is 337 g/mol. The lowest BCUT2D eigenvalue weighted by Crippen LogP contribution is -2.44. The highest BCUT2D eigenvalue weighted by Gasteiger charge is 2.27. The Bertz CT molecular complexity index is 305. The number of halogens is 2. The fourth-order valence-corrected chi connectivity index (χ4v) is 3.89. The molecule has 2 rings (SSSR count). The molecule has 2 aliphatic heterocycles. The molecule has 0 aromatic rings. The van der Waals surface area contributed by atoms with E-state index in [1.54, 1.807) is 0 Å². The summed E-state index contributed by atoms with van der Waals surface area (Å²) in [5.41, 5.74) is -0.0717. The van der Waals surface area contributed by atoms with E-state index in [1.807, 2.05) is 0 Å². The number of fused-ring (bicyclic) bond motifs is 3. The zero-order valence-electron chi connectivity index (χ0n) is 13.4. The summed E-state index contributed by atoms with van der Waals surface area (Å²) >= 11 is 13.2. The molecule has 0 radical (unpaired) electrons. The Morgan fingerprint density at radius 3 is 2.48 bits per heavy atom. The summed E-state index contributed by atoms with van der Waals surface area (Å²) in [5, 5.41) is 3.70. The van der Waals surface area contributed by atoms with Gasteiger partial charge >= 0.3 is 0 Å². The van der Waals surface area contributed by atoms with Crippen LogP contribution < -0.4 is 5.32 Å². The van der Waals surface area contributed by atoms with Crippen molar-refractivity contribution in [2.45, 2.75) is 36.2 Å². The summed E-state index contributed by atoms with van der Waals surface area (Å²) < 4.78 is 0. The molecule has 2 saturated heterocycles. The molecule has 2 aliphatic rings. The van der Waals surface area contributed by atoms with Gasteiger partial charge in [-0.05, 0) is 46.4 Å². The molecule has 0 aliphatic carbocycles. The highest BCUT2D eigenvalue weighted by atomic mass is 35.5. The van der Waals surface area contributed by atoms with Crippen LogP contribution in [0.25, 0.3) is 0 Å². The van der Waals surface area contributed by atoms with Crippen LogP contribution in [0.1, 0.15) is 19.3 Å². The number of hydrogen-bond donors (Lipinski definition) is 1. The smallest absolute Gasteiger partial charge is 0.103 e. The van der Waals surface area contributed by atoms with Gasteiger partial charge in [0, 0.05) is 38.8 Å². The van der Waals surface area contributed by atoms with E-state index in [1.165, 1.54) is 13.0 Å². The predicted molar refractivity (Wildman–Crippen MR) is 91.5 cm³/mol. The van der Waals surface area contributed by atoms with Gasteiger partial charge in [0.25, 0.3) is 0 Å². The highest BCUT2D eigenvalue weighted by molar-refractivity contribution is 6.29. The van der Waals surface area contributed by atoms with Gasteiger partial charge in [-0.15, -0.1) is 23.2 Å². The van der Waals surface area contributed by atoms with Gasteiger partial charge < -0.3 is 15.1 Å². The number of alkyl halides is 2. The topological polar surface area (TPSA) is 21.8 Å². The van der Waals surface area contributed by atoms with Crippen LogP contribution in [0.4, 0.5) is 0 Å². The van der Waals surface area contributed by atoms with Crippen LogP contribution in [0, 0.1) is 0 Å². The second kappa shape index (κ2) is 8.90. The van der Waals surface area contributed by atoms with Crippen LogP contribution in [-0.2, 0) is 0 Å². The van der Waals surface area contributed by atoms with Gasteiger partial charge in [0.2, 0.25) is 0 Å². The zero-order valence-corrected chi connectivity index (χ0v) is 14.9. The molecule has 0 saturated carbocycles. The van der Waals surface area contributed by atoms with Crippen LogP contribution in [0.5, 0.6) is 0 Å². The van der Waals surface area contributed by atoms with Crippen molar-refractivity contribution < 1.29 is 0 Å². The minimum absolute atomic E-state index is 0.0195. The summed E-state index contributed by atoms with van der Waals surface area (Å²) in [7, 11) is 4.35. The monoisotopic (exact) mass is 336 g/mol. The van der Waals surface area contributed by atoms with Crippen molar-refractivity contribution in [2.24, 2.45) is 0 Å². The molecule has 21 heavy (non-hydrogen) atoms. The van der Waals surface area contributed by atoms with Crippen LogP contribution in [0.2, 0.25) is 0 Å². The minimum Gasteiger partial charge on any atom is -0.313 e. The normalized spacial score (nSPS) is 38.9. The van der Waals surface area contributed by atoms with Crippen molar-refractivity contribution in [3.8, 4) is 0 Å². The molecular formula is C15H30Cl2N4. The Kier molecular flexibility index (Phi) is 7.53. The molecule has 4 nitrogen and oxygen atoms in total. The number of rotatable bonds is 0. The van der Waals surface area contributed by atoms with Gasteiger partial charge in [-0.2, -0.15) is 0 Å². The van der Waals surface area contributed by atoms with Crippen LogP contribution in [0.3, 0.4) is 0 Å². The average Bonchev–Trinajstić information content (AvgIpc) is 2.47. The molecule has 0 amide bonds. The predicted octanol–water partition coefficient (Wildman–Crippen LogP) is 1.48. The molecule has 1 N–H and O–H groups in total. The molecular weight excluding hydrogens is 307 g/mol. The van der Waals surface area contributed by atoms with E-state index in [0.717, 1.165) is 52.1 Å². The molecule has 0 aromatic heterocycles. The van der Waals surface area contributed by atoms with Gasteiger partial charge in [-0.3, -0.25) is 4.90 Å². The first-order valence-electron chi connectivity index (χ1n) is 8.19. The standard InChI is InChI=1S/C15H30Cl2N4/c1-19-7-3-8-21-10-5-13(4-9-19)18-6-11-20(2)12-14(16)15(21)17/h13-15,18H,3-12H2,1-2H3. The van der Waals surface area contributed by atoms with E-state index in [9.17, 15) is 0 Å². The molecule has 2 fully saturated rings. The summed E-state index contributed by atoms with van der Waals surface area (Å²) in [5.74, 6) is 0. The molecule has 4 atom stereocenters. The van der Waals surface area contributed by atoms with Crippen molar-refractivity contribution in [3.63, 3.8) is 0 Å². The first kappa shape index (κ1) is 17.8. The molecule has 2 heterocycles. The lowest BCUT2D eigenvalue weighted by atomic mass is 10.1. The Balaban J connectivity index is 2.08. The molecule has 2 bridgehead atoms. The maximum absolute atomic E-state index is 6.67. The Hall–Kier alpha value is 0.420. The molecule has 124 valence electrons. The largest absolute Gasteiger partial charge is 0.313 e. The zero-order chi connectivity index (χ0) is 15.2. The number of hydrogen-bond acceptors (Lipinski definition) is 4. The lowest BCUT2D eigenvalue weighted by molar-refractivity contribution is 0.192. The number of likely N-dealkylation sites (N-methyl/N-ethyl adjacent to an activating group) is 1. The van der Waals surface area contributed by atoms with E-state index in [4.69, 9.17) is 23.2 Å².